The van der Waals surface area contributed by atoms with Gasteiger partial charge in [-0.1, -0.05) is 0 Å². The van der Waals surface area contributed by atoms with Crippen molar-refractivity contribution in [2.45, 2.75) is 18.9 Å². The molecule has 14 heteroatoms. The number of aromatic nitrogens is 1. The van der Waals surface area contributed by atoms with Crippen LogP contribution >= 0.6 is 0 Å². The normalized spacial score (nSPS) is 11.2. The molecule has 0 aliphatic carbocycles. The molecule has 0 saturated heterocycles. The summed E-state index contributed by atoms with van der Waals surface area (Å²) in [5.74, 6) is -5.20. The number of pyridine rings is 1. The molecule has 2 amide bonds. The summed E-state index contributed by atoms with van der Waals surface area (Å²) in [6.45, 7) is 0. The zero-order valence-corrected chi connectivity index (χ0v) is 16.0. The van der Waals surface area contributed by atoms with Crippen LogP contribution in [0.25, 0.3) is 0 Å². The molecule has 2 rings (SSSR count). The van der Waals surface area contributed by atoms with Gasteiger partial charge in [0, 0.05) is 24.6 Å². The van der Waals surface area contributed by atoms with Gasteiger partial charge in [-0.3, -0.25) is 25.0 Å². The minimum Gasteiger partial charge on any atom is -0.481 e. The minimum absolute atomic E-state index is 0.0291. The number of nitro groups is 1. The first-order valence-electron chi connectivity index (χ1n) is 8.71. The maximum Gasteiger partial charge on any atom is 0.417 e. The molecule has 1 atom stereocenters. The standard InChI is InChI=1S/C18H15FN4O9/c19-12-7-9(21-18(29)32-11-3-1-10(2-4-11)23(30)31)8-20-15(12)16(26)22-13(17(27)28)5-6-14(24)25/h1-4,7-8,13H,5-6H2,(H,21,29)(H,22,26)(H,24,25)(H,27,28)/t13-/m0/s1. The molecule has 1 aromatic heterocycles. The SMILES string of the molecule is O=C(O)CC[C@H](NC(=O)c1ncc(NC(=O)Oc2ccc([N+](=O)[O-])cc2)cc1F)C(=O)O. The Labute approximate surface area is 178 Å². The summed E-state index contributed by atoms with van der Waals surface area (Å²) in [5, 5.41) is 32.4. The van der Waals surface area contributed by atoms with Gasteiger partial charge in [0.1, 0.15) is 11.8 Å². The van der Waals surface area contributed by atoms with Crippen LogP contribution in [-0.4, -0.2) is 50.1 Å². The number of carboxylic acids is 2. The van der Waals surface area contributed by atoms with E-state index in [1.54, 1.807) is 0 Å². The molecule has 0 spiro atoms. The second kappa shape index (κ2) is 10.4. The third-order valence-corrected chi connectivity index (χ3v) is 3.81. The third kappa shape index (κ3) is 6.72. The molecule has 0 saturated carbocycles. The Morgan fingerprint density at radius 1 is 1.19 bits per heavy atom. The maximum atomic E-state index is 14.2. The smallest absolute Gasteiger partial charge is 0.417 e. The average Bonchev–Trinajstić information content (AvgIpc) is 2.70. The fraction of sp³-hybridized carbons (Fsp3) is 0.167. The minimum atomic E-state index is -1.57. The van der Waals surface area contributed by atoms with Crippen LogP contribution < -0.4 is 15.4 Å². The predicted molar refractivity (Wildman–Crippen MR) is 103 cm³/mol. The van der Waals surface area contributed by atoms with Gasteiger partial charge >= 0.3 is 18.0 Å². The molecule has 168 valence electrons. The lowest BCUT2D eigenvalue weighted by molar-refractivity contribution is -0.384. The largest absolute Gasteiger partial charge is 0.481 e. The Morgan fingerprint density at radius 3 is 2.38 bits per heavy atom. The van der Waals surface area contributed by atoms with Crippen LogP contribution in [0.3, 0.4) is 0 Å². The maximum absolute atomic E-state index is 14.2. The second-order valence-electron chi connectivity index (χ2n) is 6.12. The molecule has 0 aliphatic rings. The Kier molecular flexibility index (Phi) is 7.70. The molecule has 13 nitrogen and oxygen atoms in total. The number of aliphatic carboxylic acids is 2. The van der Waals surface area contributed by atoms with Crippen molar-refractivity contribution in [1.29, 1.82) is 0 Å². The monoisotopic (exact) mass is 450 g/mol. The first-order chi connectivity index (χ1) is 15.1. The lowest BCUT2D eigenvalue weighted by Gasteiger charge is -2.13. The number of halogens is 1. The van der Waals surface area contributed by atoms with E-state index in [1.165, 1.54) is 12.1 Å². The van der Waals surface area contributed by atoms with E-state index in [4.69, 9.17) is 14.9 Å². The van der Waals surface area contributed by atoms with Gasteiger partial charge in [-0.2, -0.15) is 0 Å². The Hall–Kier alpha value is -4.62. The summed E-state index contributed by atoms with van der Waals surface area (Å²) >= 11 is 0. The van der Waals surface area contributed by atoms with Crippen molar-refractivity contribution in [3.8, 4) is 5.75 Å². The Bertz CT molecular complexity index is 1060. The number of nitrogens with zero attached hydrogens (tertiary/aromatic N) is 2. The van der Waals surface area contributed by atoms with Crippen molar-refractivity contribution in [2.75, 3.05) is 5.32 Å². The number of benzene rings is 1. The topological polar surface area (TPSA) is 198 Å². The number of carboxylic acid groups (broad SMARTS) is 2. The molecule has 0 unspecified atom stereocenters. The fourth-order valence-electron chi connectivity index (χ4n) is 2.31. The zero-order chi connectivity index (χ0) is 23.8. The predicted octanol–water partition coefficient (Wildman–Crippen LogP) is 1.79. The number of nitrogens with one attached hydrogen (secondary N) is 2. The summed E-state index contributed by atoms with van der Waals surface area (Å²) < 4.78 is 19.1. The number of rotatable bonds is 9. The van der Waals surface area contributed by atoms with Gasteiger partial charge in [0.25, 0.3) is 11.6 Å². The van der Waals surface area contributed by atoms with Crippen LogP contribution in [0.2, 0.25) is 0 Å². The Morgan fingerprint density at radius 2 is 1.84 bits per heavy atom. The fourth-order valence-corrected chi connectivity index (χ4v) is 2.31. The van der Waals surface area contributed by atoms with E-state index in [1.807, 2.05) is 5.32 Å². The summed E-state index contributed by atoms with van der Waals surface area (Å²) in [5.41, 5.74) is -1.20. The number of anilines is 1. The highest BCUT2D eigenvalue weighted by atomic mass is 19.1. The number of nitro benzene ring substituents is 1. The van der Waals surface area contributed by atoms with Crippen LogP contribution in [0.5, 0.6) is 5.75 Å². The van der Waals surface area contributed by atoms with Crippen LogP contribution in [0.15, 0.2) is 36.5 Å². The van der Waals surface area contributed by atoms with Gasteiger partial charge in [-0.15, -0.1) is 0 Å². The van der Waals surface area contributed by atoms with Gasteiger partial charge in [-0.05, 0) is 18.6 Å². The van der Waals surface area contributed by atoms with Crippen molar-refractivity contribution in [3.05, 3.63) is 58.2 Å². The summed E-state index contributed by atoms with van der Waals surface area (Å²) in [6.07, 6.45) is -1.13. The number of amides is 2. The van der Waals surface area contributed by atoms with Crippen LogP contribution in [0.4, 0.5) is 20.6 Å². The first kappa shape index (κ1) is 23.7. The molecular formula is C18H15FN4O9. The van der Waals surface area contributed by atoms with Gasteiger partial charge in [-0.25, -0.2) is 19.0 Å². The average molecular weight is 450 g/mol. The van der Waals surface area contributed by atoms with Crippen molar-refractivity contribution in [1.82, 2.24) is 10.3 Å². The highest BCUT2D eigenvalue weighted by Crippen LogP contribution is 2.18. The lowest BCUT2D eigenvalue weighted by atomic mass is 10.1. The van der Waals surface area contributed by atoms with Gasteiger partial charge in [0.15, 0.2) is 11.5 Å². The molecular weight excluding hydrogens is 435 g/mol. The van der Waals surface area contributed by atoms with Gasteiger partial charge in [0.05, 0.1) is 16.8 Å². The first-order valence-corrected chi connectivity index (χ1v) is 8.71. The van der Waals surface area contributed by atoms with E-state index in [0.717, 1.165) is 24.4 Å². The van der Waals surface area contributed by atoms with Gasteiger partial charge in [0.2, 0.25) is 0 Å². The number of carbonyl (C=O) groups is 4. The van der Waals surface area contributed by atoms with Gasteiger partial charge < -0.3 is 20.3 Å². The number of ether oxygens (including phenoxy) is 1. The number of carbonyl (C=O) groups excluding carboxylic acids is 2. The van der Waals surface area contributed by atoms with E-state index in [9.17, 15) is 33.7 Å². The molecule has 2 aromatic rings. The van der Waals surface area contributed by atoms with E-state index in [0.29, 0.717) is 0 Å². The van der Waals surface area contributed by atoms with Crippen molar-refractivity contribution >= 4 is 35.3 Å². The molecule has 0 radical (unpaired) electrons. The molecule has 4 N–H and O–H groups in total. The highest BCUT2D eigenvalue weighted by molar-refractivity contribution is 5.96. The van der Waals surface area contributed by atoms with Crippen molar-refractivity contribution < 1.29 is 43.4 Å². The third-order valence-electron chi connectivity index (χ3n) is 3.81. The second-order valence-corrected chi connectivity index (χ2v) is 6.12. The van der Waals surface area contributed by atoms with Crippen molar-refractivity contribution in [3.63, 3.8) is 0 Å². The molecule has 0 fully saturated rings. The van der Waals surface area contributed by atoms with Crippen molar-refractivity contribution in [2.24, 2.45) is 0 Å². The highest BCUT2D eigenvalue weighted by Gasteiger charge is 2.24. The number of non-ortho nitro benzene ring substituents is 1. The molecule has 1 heterocycles. The molecule has 1 aromatic carbocycles. The van der Waals surface area contributed by atoms with E-state index < -0.39 is 59.3 Å². The number of hydrogen-bond donors (Lipinski definition) is 4. The van der Waals surface area contributed by atoms with Crippen LogP contribution in [0, 0.1) is 15.9 Å². The summed E-state index contributed by atoms with van der Waals surface area (Å²) in [6, 6.07) is 3.72. The van der Waals surface area contributed by atoms with Crippen LogP contribution in [0.1, 0.15) is 23.3 Å². The molecule has 0 aliphatic heterocycles. The van der Waals surface area contributed by atoms with E-state index in [-0.39, 0.29) is 17.1 Å². The summed E-state index contributed by atoms with van der Waals surface area (Å²) in [4.78, 5) is 59.1. The molecule has 32 heavy (non-hydrogen) atoms. The van der Waals surface area contributed by atoms with E-state index >= 15 is 0 Å². The summed E-state index contributed by atoms with van der Waals surface area (Å²) in [7, 11) is 0. The quantitative estimate of drug-likeness (QED) is 0.322. The van der Waals surface area contributed by atoms with Crippen LogP contribution in [-0.2, 0) is 9.59 Å². The van der Waals surface area contributed by atoms with E-state index in [2.05, 4.69) is 10.3 Å². The number of hydrogen-bond acceptors (Lipinski definition) is 8. The lowest BCUT2D eigenvalue weighted by Crippen LogP contribution is -2.41. The Balaban J connectivity index is 2.01. The molecule has 0 bridgehead atoms. The zero-order valence-electron chi connectivity index (χ0n) is 16.0.